The maximum absolute atomic E-state index is 12.2. The quantitative estimate of drug-likeness (QED) is 0.598. The van der Waals surface area contributed by atoms with Crippen molar-refractivity contribution < 1.29 is 19.1 Å². The normalized spacial score (nSPS) is 11.9. The molecule has 2 aromatic rings. The molecule has 0 bridgehead atoms. The molecule has 0 aliphatic rings. The molecule has 2 rings (SSSR count). The zero-order valence-electron chi connectivity index (χ0n) is 14.7. The van der Waals surface area contributed by atoms with Crippen LogP contribution in [0.4, 0.5) is 0 Å². The Labute approximate surface area is 151 Å². The van der Waals surface area contributed by atoms with E-state index in [2.05, 4.69) is 4.98 Å². The lowest BCUT2D eigenvalue weighted by atomic mass is 10.2. The second-order valence-corrected chi connectivity index (χ2v) is 6.82. The molecule has 134 valence electrons. The van der Waals surface area contributed by atoms with E-state index in [1.54, 1.807) is 50.5 Å². The molecule has 0 saturated heterocycles. The smallest absolute Gasteiger partial charge is 0.330 e. The second kappa shape index (κ2) is 7.70. The van der Waals surface area contributed by atoms with E-state index in [1.807, 2.05) is 0 Å². The molecule has 0 atom stereocenters. The maximum atomic E-state index is 12.2. The van der Waals surface area contributed by atoms with Gasteiger partial charge in [-0.15, -0.1) is 0 Å². The van der Waals surface area contributed by atoms with Gasteiger partial charge in [-0.1, -0.05) is 11.6 Å². The average Bonchev–Trinajstić information content (AvgIpc) is 2.81. The Kier molecular flexibility index (Phi) is 5.85. The first kappa shape index (κ1) is 19.0. The van der Waals surface area contributed by atoms with Crippen LogP contribution >= 0.6 is 11.6 Å². The number of pyridine rings is 1. The maximum Gasteiger partial charge on any atom is 0.330 e. The number of aromatic nitrogens is 2. The number of esters is 2. The van der Waals surface area contributed by atoms with Crippen molar-refractivity contribution in [3.8, 4) is 0 Å². The van der Waals surface area contributed by atoms with E-state index in [-0.39, 0.29) is 6.54 Å². The molecular weight excluding hydrogens is 344 g/mol. The van der Waals surface area contributed by atoms with Gasteiger partial charge < -0.3 is 14.0 Å². The van der Waals surface area contributed by atoms with E-state index in [0.717, 1.165) is 0 Å². The highest BCUT2D eigenvalue weighted by molar-refractivity contribution is 6.31. The van der Waals surface area contributed by atoms with Gasteiger partial charge in [0.2, 0.25) is 0 Å². The number of nitrogens with zero attached hydrogens (tertiary/aromatic N) is 2. The van der Waals surface area contributed by atoms with Gasteiger partial charge in [-0.05, 0) is 45.9 Å². The summed E-state index contributed by atoms with van der Waals surface area (Å²) < 4.78 is 12.0. The van der Waals surface area contributed by atoms with Crippen molar-refractivity contribution in [2.75, 3.05) is 6.61 Å². The van der Waals surface area contributed by atoms with Crippen molar-refractivity contribution in [2.24, 2.45) is 0 Å². The van der Waals surface area contributed by atoms with Crippen LogP contribution in [-0.4, -0.2) is 33.7 Å². The van der Waals surface area contributed by atoms with Crippen LogP contribution in [0.2, 0.25) is 5.02 Å². The van der Waals surface area contributed by atoms with Crippen molar-refractivity contribution in [1.82, 2.24) is 9.55 Å². The van der Waals surface area contributed by atoms with Crippen LogP contribution < -0.4 is 0 Å². The minimum absolute atomic E-state index is 0.0225. The number of carbonyl (C=O) groups excluding carboxylic acids is 2. The van der Waals surface area contributed by atoms with Crippen LogP contribution in [-0.2, 0) is 25.6 Å². The lowest BCUT2D eigenvalue weighted by Crippen LogP contribution is -2.26. The molecule has 0 saturated carbocycles. The van der Waals surface area contributed by atoms with E-state index < -0.39 is 17.5 Å². The Hall–Kier alpha value is -2.34. The summed E-state index contributed by atoms with van der Waals surface area (Å²) >= 11 is 6.03. The summed E-state index contributed by atoms with van der Waals surface area (Å²) in [7, 11) is 0. The molecule has 0 aromatic carbocycles. The molecule has 0 spiro atoms. The van der Waals surface area contributed by atoms with E-state index in [4.69, 9.17) is 21.1 Å². The molecule has 2 aromatic heterocycles. The third-order valence-corrected chi connectivity index (χ3v) is 3.34. The molecule has 2 heterocycles. The third kappa shape index (κ3) is 5.32. The summed E-state index contributed by atoms with van der Waals surface area (Å²) in [4.78, 5) is 28.0. The molecule has 0 aliphatic carbocycles. The molecule has 0 aliphatic heterocycles. The zero-order valence-corrected chi connectivity index (χ0v) is 15.5. The summed E-state index contributed by atoms with van der Waals surface area (Å²) in [5, 5.41) is 0.456. The van der Waals surface area contributed by atoms with E-state index >= 15 is 0 Å². The number of carbonyl (C=O) groups is 2. The Morgan fingerprint density at radius 2 is 2.04 bits per heavy atom. The van der Waals surface area contributed by atoms with Gasteiger partial charge >= 0.3 is 11.9 Å². The molecule has 7 heteroatoms. The molecule has 25 heavy (non-hydrogen) atoms. The summed E-state index contributed by atoms with van der Waals surface area (Å²) in [6.45, 7) is 7.42. The number of hydrogen-bond acceptors (Lipinski definition) is 5. The van der Waals surface area contributed by atoms with Crippen molar-refractivity contribution in [2.45, 2.75) is 39.8 Å². The molecule has 0 radical (unpaired) electrons. The average molecular weight is 365 g/mol. The topological polar surface area (TPSA) is 70.4 Å². The second-order valence-electron chi connectivity index (χ2n) is 6.39. The van der Waals surface area contributed by atoms with Crippen LogP contribution in [0.25, 0.3) is 17.1 Å². The predicted molar refractivity (Wildman–Crippen MR) is 96.3 cm³/mol. The molecule has 0 fully saturated rings. The Balaban J connectivity index is 2.39. The largest absolute Gasteiger partial charge is 0.463 e. The predicted octanol–water partition coefficient (Wildman–Crippen LogP) is 3.61. The Morgan fingerprint density at radius 3 is 2.68 bits per heavy atom. The van der Waals surface area contributed by atoms with Gasteiger partial charge in [-0.2, -0.15) is 0 Å². The minimum atomic E-state index is -0.586. The molecule has 6 nitrogen and oxygen atoms in total. The van der Waals surface area contributed by atoms with Crippen LogP contribution in [0.5, 0.6) is 0 Å². The van der Waals surface area contributed by atoms with Crippen LogP contribution in [0.3, 0.4) is 0 Å². The molecule has 0 N–H and O–H groups in total. The number of halogens is 1. The van der Waals surface area contributed by atoms with E-state index in [0.29, 0.717) is 28.4 Å². The van der Waals surface area contributed by atoms with Gasteiger partial charge in [0.1, 0.15) is 12.1 Å². The number of rotatable bonds is 5. The van der Waals surface area contributed by atoms with Crippen molar-refractivity contribution in [3.05, 3.63) is 35.1 Å². The Bertz CT molecular complexity index is 818. The third-order valence-electron chi connectivity index (χ3n) is 3.14. The zero-order chi connectivity index (χ0) is 18.6. The number of ether oxygens (including phenoxy) is 2. The van der Waals surface area contributed by atoms with Gasteiger partial charge in [-0.25, -0.2) is 4.79 Å². The first-order valence-corrected chi connectivity index (χ1v) is 8.29. The minimum Gasteiger partial charge on any atom is -0.463 e. The lowest BCUT2D eigenvalue weighted by Gasteiger charge is -2.20. The SMILES string of the molecule is CCOC(=O)C=Cc1cc2ncc(Cl)cc2n1CC(=O)OC(C)(C)C. The van der Waals surface area contributed by atoms with Crippen molar-refractivity contribution in [3.63, 3.8) is 0 Å². The summed E-state index contributed by atoms with van der Waals surface area (Å²) in [5.74, 6) is -0.849. The standard InChI is InChI=1S/C18H21ClN2O4/c1-5-24-16(22)7-6-13-9-14-15(8-12(19)10-20-14)21(13)11-17(23)25-18(2,3)4/h6-10H,5,11H2,1-4H3. The van der Waals surface area contributed by atoms with Crippen molar-refractivity contribution >= 4 is 40.6 Å². The van der Waals surface area contributed by atoms with Gasteiger partial charge in [-0.3, -0.25) is 9.78 Å². The fourth-order valence-corrected chi connectivity index (χ4v) is 2.44. The van der Waals surface area contributed by atoms with Crippen LogP contribution in [0.15, 0.2) is 24.4 Å². The number of hydrogen-bond donors (Lipinski definition) is 0. The molecule has 0 amide bonds. The molecular formula is C18H21ClN2O4. The summed E-state index contributed by atoms with van der Waals surface area (Å²) in [5.41, 5.74) is 1.39. The van der Waals surface area contributed by atoms with Crippen LogP contribution in [0, 0.1) is 0 Å². The Morgan fingerprint density at radius 1 is 1.32 bits per heavy atom. The fraction of sp³-hybridized carbons (Fsp3) is 0.389. The highest BCUT2D eigenvalue weighted by atomic mass is 35.5. The van der Waals surface area contributed by atoms with E-state index in [1.165, 1.54) is 12.3 Å². The van der Waals surface area contributed by atoms with Crippen molar-refractivity contribution in [1.29, 1.82) is 0 Å². The van der Waals surface area contributed by atoms with Crippen LogP contribution in [0.1, 0.15) is 33.4 Å². The van der Waals surface area contributed by atoms with E-state index in [9.17, 15) is 9.59 Å². The lowest BCUT2D eigenvalue weighted by molar-refractivity contribution is -0.155. The first-order chi connectivity index (χ1) is 11.7. The van der Waals surface area contributed by atoms with Gasteiger partial charge in [0.25, 0.3) is 0 Å². The highest BCUT2D eigenvalue weighted by Crippen LogP contribution is 2.23. The monoisotopic (exact) mass is 364 g/mol. The first-order valence-electron chi connectivity index (χ1n) is 7.91. The van der Waals surface area contributed by atoms with Gasteiger partial charge in [0.15, 0.2) is 0 Å². The summed E-state index contributed by atoms with van der Waals surface area (Å²) in [6.07, 6.45) is 4.42. The van der Waals surface area contributed by atoms with Gasteiger partial charge in [0.05, 0.1) is 22.7 Å². The molecule has 0 unspecified atom stereocenters. The number of fused-ring (bicyclic) bond motifs is 1. The highest BCUT2D eigenvalue weighted by Gasteiger charge is 2.19. The fourth-order valence-electron chi connectivity index (χ4n) is 2.28. The van der Waals surface area contributed by atoms with Gasteiger partial charge in [0, 0.05) is 18.0 Å². The summed E-state index contributed by atoms with van der Waals surface area (Å²) in [6, 6.07) is 3.49.